The third kappa shape index (κ3) is 4.49. The Kier molecular flexibility index (Phi) is 5.85. The van der Waals surface area contributed by atoms with Gasteiger partial charge in [0.05, 0.1) is 19.9 Å². The summed E-state index contributed by atoms with van der Waals surface area (Å²) in [5.74, 6) is 0.550. The van der Waals surface area contributed by atoms with E-state index in [1.54, 1.807) is 4.68 Å². The van der Waals surface area contributed by atoms with Gasteiger partial charge in [-0.05, 0) is 49.1 Å². The predicted octanol–water partition coefficient (Wildman–Crippen LogP) is 3.80. The van der Waals surface area contributed by atoms with Crippen molar-refractivity contribution in [1.29, 1.82) is 0 Å². The molecule has 0 unspecified atom stereocenters. The SMILES string of the molecule is CN(Cc1ccc(N2CCOCC2)cc1)Cn1nc(-c2ccccc2)oc1=S. The molecule has 0 bridgehead atoms. The standard InChI is InChI=1S/C21H24N4O2S/c1-23(15-17-7-9-19(10-8-17)24-11-13-26-14-12-24)16-25-21(28)27-20(22-25)18-5-3-2-4-6-18/h2-10H,11-16H2,1H3. The molecule has 0 radical (unpaired) electrons. The van der Waals surface area contributed by atoms with E-state index in [2.05, 4.69) is 46.2 Å². The third-order valence-corrected chi connectivity index (χ3v) is 5.06. The molecule has 4 rings (SSSR count). The van der Waals surface area contributed by atoms with E-state index in [0.717, 1.165) is 38.4 Å². The number of hydrogen-bond acceptors (Lipinski definition) is 6. The largest absolute Gasteiger partial charge is 0.409 e. The highest BCUT2D eigenvalue weighted by Crippen LogP contribution is 2.19. The van der Waals surface area contributed by atoms with E-state index in [-0.39, 0.29) is 0 Å². The Morgan fingerprint density at radius 2 is 1.75 bits per heavy atom. The highest BCUT2D eigenvalue weighted by atomic mass is 32.1. The van der Waals surface area contributed by atoms with E-state index in [4.69, 9.17) is 21.4 Å². The van der Waals surface area contributed by atoms with Crippen LogP contribution in [0, 0.1) is 4.84 Å². The van der Waals surface area contributed by atoms with Crippen LogP contribution in [-0.2, 0) is 18.0 Å². The van der Waals surface area contributed by atoms with E-state index >= 15 is 0 Å². The van der Waals surface area contributed by atoms with E-state index in [0.29, 0.717) is 17.4 Å². The van der Waals surface area contributed by atoms with Crippen LogP contribution in [0.2, 0.25) is 0 Å². The van der Waals surface area contributed by atoms with Crippen molar-refractivity contribution in [2.45, 2.75) is 13.2 Å². The molecule has 0 atom stereocenters. The van der Waals surface area contributed by atoms with E-state index in [1.165, 1.54) is 11.3 Å². The Morgan fingerprint density at radius 3 is 2.46 bits per heavy atom. The molecular formula is C21H24N4O2S. The smallest absolute Gasteiger partial charge is 0.288 e. The Balaban J connectivity index is 1.38. The summed E-state index contributed by atoms with van der Waals surface area (Å²) in [6.45, 7) is 4.88. The fraction of sp³-hybridized carbons (Fsp3) is 0.333. The van der Waals surface area contributed by atoms with Crippen molar-refractivity contribution in [2.24, 2.45) is 0 Å². The van der Waals surface area contributed by atoms with E-state index in [9.17, 15) is 0 Å². The number of rotatable bonds is 6. The van der Waals surface area contributed by atoms with Gasteiger partial charge in [-0.2, -0.15) is 0 Å². The molecule has 1 saturated heterocycles. The van der Waals surface area contributed by atoms with Crippen molar-refractivity contribution in [3.8, 4) is 11.5 Å². The monoisotopic (exact) mass is 396 g/mol. The minimum absolute atomic E-state index is 0.383. The van der Waals surface area contributed by atoms with Crippen LogP contribution in [0.5, 0.6) is 0 Å². The molecule has 2 aromatic carbocycles. The molecule has 6 nitrogen and oxygen atoms in total. The van der Waals surface area contributed by atoms with Crippen molar-refractivity contribution in [3.63, 3.8) is 0 Å². The predicted molar refractivity (Wildman–Crippen MR) is 112 cm³/mol. The summed E-state index contributed by atoms with van der Waals surface area (Å²) in [7, 11) is 2.05. The second-order valence-electron chi connectivity index (χ2n) is 6.96. The highest BCUT2D eigenvalue weighted by Gasteiger charge is 2.12. The molecular weight excluding hydrogens is 372 g/mol. The number of benzene rings is 2. The molecule has 28 heavy (non-hydrogen) atoms. The normalized spacial score (nSPS) is 14.6. The Morgan fingerprint density at radius 1 is 1.04 bits per heavy atom. The zero-order valence-electron chi connectivity index (χ0n) is 16.0. The van der Waals surface area contributed by atoms with Crippen LogP contribution in [0.1, 0.15) is 5.56 Å². The molecule has 1 aromatic heterocycles. The lowest BCUT2D eigenvalue weighted by atomic mass is 10.2. The summed E-state index contributed by atoms with van der Waals surface area (Å²) < 4.78 is 12.8. The summed E-state index contributed by atoms with van der Waals surface area (Å²) in [5.41, 5.74) is 3.42. The molecule has 0 N–H and O–H groups in total. The lowest BCUT2D eigenvalue weighted by molar-refractivity contribution is 0.122. The first-order valence-corrected chi connectivity index (χ1v) is 9.83. The van der Waals surface area contributed by atoms with Crippen molar-refractivity contribution in [1.82, 2.24) is 14.7 Å². The van der Waals surface area contributed by atoms with Gasteiger partial charge < -0.3 is 14.1 Å². The van der Waals surface area contributed by atoms with Crippen LogP contribution in [-0.4, -0.2) is 48.0 Å². The molecule has 2 heterocycles. The van der Waals surface area contributed by atoms with E-state index < -0.39 is 0 Å². The first-order valence-electron chi connectivity index (χ1n) is 9.42. The van der Waals surface area contributed by atoms with Crippen LogP contribution in [0.4, 0.5) is 5.69 Å². The van der Waals surface area contributed by atoms with Gasteiger partial charge in [0.1, 0.15) is 0 Å². The molecule has 146 valence electrons. The minimum Gasteiger partial charge on any atom is -0.409 e. The summed E-state index contributed by atoms with van der Waals surface area (Å²) in [6.07, 6.45) is 0. The molecule has 7 heteroatoms. The summed E-state index contributed by atoms with van der Waals surface area (Å²) in [6, 6.07) is 18.5. The number of hydrogen-bond donors (Lipinski definition) is 0. The van der Waals surface area contributed by atoms with Crippen LogP contribution in [0.15, 0.2) is 59.0 Å². The van der Waals surface area contributed by atoms with Gasteiger partial charge in [-0.3, -0.25) is 4.90 Å². The number of ether oxygens (including phenoxy) is 1. The van der Waals surface area contributed by atoms with Gasteiger partial charge in [0.2, 0.25) is 5.89 Å². The fourth-order valence-corrected chi connectivity index (χ4v) is 3.49. The van der Waals surface area contributed by atoms with Gasteiger partial charge in [-0.15, -0.1) is 5.10 Å². The number of aromatic nitrogens is 2. The molecule has 0 spiro atoms. The van der Waals surface area contributed by atoms with Gasteiger partial charge >= 0.3 is 0 Å². The highest BCUT2D eigenvalue weighted by molar-refractivity contribution is 7.71. The maximum Gasteiger partial charge on any atom is 0.288 e. The lowest BCUT2D eigenvalue weighted by Crippen LogP contribution is -2.36. The van der Waals surface area contributed by atoms with Crippen molar-refractivity contribution >= 4 is 17.9 Å². The molecule has 1 fully saturated rings. The lowest BCUT2D eigenvalue weighted by Gasteiger charge is -2.29. The average Bonchev–Trinajstić information content (AvgIpc) is 3.10. The molecule has 1 aliphatic rings. The number of nitrogens with zero attached hydrogens (tertiary/aromatic N) is 4. The molecule has 1 aliphatic heterocycles. The second-order valence-corrected chi connectivity index (χ2v) is 7.31. The number of anilines is 1. The zero-order chi connectivity index (χ0) is 19.3. The van der Waals surface area contributed by atoms with Crippen molar-refractivity contribution in [3.05, 3.63) is 65.0 Å². The van der Waals surface area contributed by atoms with Crippen molar-refractivity contribution in [2.75, 3.05) is 38.3 Å². The van der Waals surface area contributed by atoms with Crippen LogP contribution in [0.3, 0.4) is 0 Å². The minimum atomic E-state index is 0.383. The Labute approximate surface area is 169 Å². The van der Waals surface area contributed by atoms with Crippen LogP contribution < -0.4 is 4.90 Å². The van der Waals surface area contributed by atoms with Crippen molar-refractivity contribution < 1.29 is 9.15 Å². The molecule has 0 aliphatic carbocycles. The maximum absolute atomic E-state index is 5.66. The second kappa shape index (κ2) is 8.68. The van der Waals surface area contributed by atoms with Crippen LogP contribution in [0.25, 0.3) is 11.5 Å². The molecule has 0 amide bonds. The number of morpholine rings is 1. The van der Waals surface area contributed by atoms with Gasteiger partial charge in [-0.25, -0.2) is 4.68 Å². The van der Waals surface area contributed by atoms with Gasteiger partial charge in [-0.1, -0.05) is 30.3 Å². The fourth-order valence-electron chi connectivity index (χ4n) is 3.32. The van der Waals surface area contributed by atoms with Gasteiger partial charge in [0.15, 0.2) is 0 Å². The van der Waals surface area contributed by atoms with E-state index in [1.807, 2.05) is 30.3 Å². The first-order chi connectivity index (χ1) is 13.7. The van der Waals surface area contributed by atoms with Gasteiger partial charge in [0, 0.05) is 30.9 Å². The Bertz CT molecular complexity index is 947. The zero-order valence-corrected chi connectivity index (χ0v) is 16.8. The molecule has 0 saturated carbocycles. The Hall–Kier alpha value is -2.48. The maximum atomic E-state index is 5.66. The summed E-state index contributed by atoms with van der Waals surface area (Å²) in [4.78, 5) is 4.90. The summed E-state index contributed by atoms with van der Waals surface area (Å²) in [5, 5.41) is 4.52. The topological polar surface area (TPSA) is 46.7 Å². The quantitative estimate of drug-likeness (QED) is 0.591. The first kappa shape index (κ1) is 18.9. The molecule has 3 aromatic rings. The average molecular weight is 397 g/mol. The summed E-state index contributed by atoms with van der Waals surface area (Å²) >= 11 is 5.34. The third-order valence-electron chi connectivity index (χ3n) is 4.77. The van der Waals surface area contributed by atoms with Gasteiger partial charge in [0.25, 0.3) is 4.84 Å². The van der Waals surface area contributed by atoms with Crippen LogP contribution >= 0.6 is 12.2 Å².